The molecule has 2 atom stereocenters. The summed E-state index contributed by atoms with van der Waals surface area (Å²) in [5, 5.41) is 14.1. The third kappa shape index (κ3) is 3.43. The highest BCUT2D eigenvalue weighted by molar-refractivity contribution is 5.49. The molecule has 0 unspecified atom stereocenters. The van der Waals surface area contributed by atoms with Crippen LogP contribution in [0.3, 0.4) is 0 Å². The molecule has 0 amide bonds. The Morgan fingerprint density at radius 2 is 2.12 bits per heavy atom. The third-order valence-corrected chi connectivity index (χ3v) is 6.00. The van der Waals surface area contributed by atoms with E-state index < -0.39 is 0 Å². The first-order valence-corrected chi connectivity index (χ1v) is 9.85. The molecule has 4 rings (SSSR count). The van der Waals surface area contributed by atoms with Gasteiger partial charge in [-0.05, 0) is 56.8 Å². The van der Waals surface area contributed by atoms with Crippen LogP contribution in [0.25, 0.3) is 5.69 Å². The average Bonchev–Trinajstić information content (AvgIpc) is 3.26. The van der Waals surface area contributed by atoms with Crippen LogP contribution in [0, 0.1) is 13.8 Å². The van der Waals surface area contributed by atoms with Crippen molar-refractivity contribution in [1.82, 2.24) is 19.6 Å². The van der Waals surface area contributed by atoms with E-state index in [4.69, 9.17) is 0 Å². The van der Waals surface area contributed by atoms with Gasteiger partial charge in [0, 0.05) is 50.7 Å². The molecule has 2 aromatic rings. The van der Waals surface area contributed by atoms with Crippen LogP contribution in [0.2, 0.25) is 0 Å². The maximum Gasteiger partial charge on any atom is 0.0719 e. The molecular formula is C21H30N4O. The van der Waals surface area contributed by atoms with Gasteiger partial charge in [-0.25, -0.2) is 4.68 Å². The largest absolute Gasteiger partial charge is 0.396 e. The monoisotopic (exact) mass is 354 g/mol. The molecule has 3 heterocycles. The Kier molecular flexibility index (Phi) is 5.11. The van der Waals surface area contributed by atoms with Crippen LogP contribution in [0.1, 0.15) is 36.0 Å². The lowest BCUT2D eigenvalue weighted by Gasteiger charge is -2.44. The second kappa shape index (κ2) is 7.51. The molecule has 26 heavy (non-hydrogen) atoms. The number of hydrogen-bond acceptors (Lipinski definition) is 4. The van der Waals surface area contributed by atoms with Gasteiger partial charge in [-0.3, -0.25) is 9.80 Å². The number of nitrogens with zero attached hydrogens (tertiary/aromatic N) is 4. The fourth-order valence-corrected chi connectivity index (χ4v) is 4.88. The first-order chi connectivity index (χ1) is 12.7. The summed E-state index contributed by atoms with van der Waals surface area (Å²) in [5.74, 6) is 0. The number of piperazine rings is 1. The minimum atomic E-state index is 0.262. The molecule has 0 aliphatic carbocycles. The van der Waals surface area contributed by atoms with Crippen molar-refractivity contribution in [2.75, 3.05) is 26.2 Å². The van der Waals surface area contributed by atoms with E-state index in [2.05, 4.69) is 40.9 Å². The van der Waals surface area contributed by atoms with Crippen LogP contribution in [-0.4, -0.2) is 63.0 Å². The van der Waals surface area contributed by atoms with Crippen molar-refractivity contribution >= 4 is 0 Å². The number of fused-ring (bicyclic) bond motifs is 1. The predicted molar refractivity (Wildman–Crippen MR) is 104 cm³/mol. The number of hydrogen-bond donors (Lipinski definition) is 1. The van der Waals surface area contributed by atoms with Gasteiger partial charge in [0.05, 0.1) is 5.69 Å². The molecule has 140 valence electrons. The van der Waals surface area contributed by atoms with E-state index in [1.165, 1.54) is 41.8 Å². The number of aliphatic hydroxyl groups excluding tert-OH is 1. The van der Waals surface area contributed by atoms with Crippen molar-refractivity contribution in [3.8, 4) is 5.69 Å². The first-order valence-electron chi connectivity index (χ1n) is 9.85. The summed E-state index contributed by atoms with van der Waals surface area (Å²) in [4.78, 5) is 5.23. The lowest BCUT2D eigenvalue weighted by atomic mass is 10.00. The van der Waals surface area contributed by atoms with Gasteiger partial charge in [-0.1, -0.05) is 17.7 Å². The Morgan fingerprint density at radius 3 is 2.88 bits per heavy atom. The van der Waals surface area contributed by atoms with E-state index in [9.17, 15) is 5.11 Å². The number of benzene rings is 1. The van der Waals surface area contributed by atoms with Gasteiger partial charge in [-0.2, -0.15) is 5.10 Å². The maximum absolute atomic E-state index is 9.58. The van der Waals surface area contributed by atoms with Gasteiger partial charge in [0.15, 0.2) is 0 Å². The van der Waals surface area contributed by atoms with Crippen molar-refractivity contribution in [2.45, 2.75) is 51.7 Å². The van der Waals surface area contributed by atoms with Crippen molar-refractivity contribution in [2.24, 2.45) is 0 Å². The highest BCUT2D eigenvalue weighted by atomic mass is 16.3. The molecule has 2 fully saturated rings. The van der Waals surface area contributed by atoms with Crippen LogP contribution >= 0.6 is 0 Å². The van der Waals surface area contributed by atoms with Crippen LogP contribution in [0.15, 0.2) is 30.6 Å². The van der Waals surface area contributed by atoms with E-state index in [0.717, 1.165) is 26.1 Å². The normalized spacial score (nSPS) is 24.1. The number of aryl methyl sites for hydroxylation is 2. The quantitative estimate of drug-likeness (QED) is 0.896. The molecular weight excluding hydrogens is 324 g/mol. The average molecular weight is 354 g/mol. The molecule has 0 spiro atoms. The van der Waals surface area contributed by atoms with Crippen LogP contribution in [-0.2, 0) is 6.54 Å². The van der Waals surface area contributed by atoms with Crippen molar-refractivity contribution < 1.29 is 5.11 Å². The number of aliphatic hydroxyl groups is 1. The van der Waals surface area contributed by atoms with Gasteiger partial charge in [0.2, 0.25) is 0 Å². The van der Waals surface area contributed by atoms with Gasteiger partial charge in [0.1, 0.15) is 0 Å². The van der Waals surface area contributed by atoms with Crippen LogP contribution < -0.4 is 0 Å². The second-order valence-corrected chi connectivity index (χ2v) is 7.93. The Hall–Kier alpha value is -1.69. The first kappa shape index (κ1) is 17.7. The van der Waals surface area contributed by atoms with Gasteiger partial charge in [0.25, 0.3) is 0 Å². The minimum absolute atomic E-state index is 0.262. The summed E-state index contributed by atoms with van der Waals surface area (Å²) < 4.78 is 2.00. The molecule has 5 heteroatoms. The van der Waals surface area contributed by atoms with E-state index in [1.807, 2.05) is 23.1 Å². The molecule has 0 radical (unpaired) electrons. The fraction of sp³-hybridized carbons (Fsp3) is 0.571. The maximum atomic E-state index is 9.58. The summed E-state index contributed by atoms with van der Waals surface area (Å²) in [5.41, 5.74) is 5.10. The fourth-order valence-electron chi connectivity index (χ4n) is 4.88. The van der Waals surface area contributed by atoms with E-state index in [0.29, 0.717) is 12.1 Å². The molecule has 0 bridgehead atoms. The van der Waals surface area contributed by atoms with Crippen molar-refractivity contribution in [1.29, 1.82) is 0 Å². The molecule has 1 aromatic heterocycles. The zero-order chi connectivity index (χ0) is 18.1. The Labute approximate surface area is 156 Å². The predicted octanol–water partition coefficient (Wildman–Crippen LogP) is 2.52. The van der Waals surface area contributed by atoms with E-state index in [-0.39, 0.29) is 6.61 Å². The van der Waals surface area contributed by atoms with Gasteiger partial charge < -0.3 is 5.11 Å². The molecule has 1 aromatic carbocycles. The molecule has 1 N–H and O–H groups in total. The minimum Gasteiger partial charge on any atom is -0.396 e. The third-order valence-electron chi connectivity index (χ3n) is 6.00. The van der Waals surface area contributed by atoms with Gasteiger partial charge in [-0.15, -0.1) is 0 Å². The summed E-state index contributed by atoms with van der Waals surface area (Å²) >= 11 is 0. The summed E-state index contributed by atoms with van der Waals surface area (Å²) in [6.45, 7) is 8.95. The Morgan fingerprint density at radius 1 is 1.23 bits per heavy atom. The Balaban J connectivity index is 1.65. The number of aromatic nitrogens is 2. The lowest BCUT2D eigenvalue weighted by molar-refractivity contribution is 0.0333. The van der Waals surface area contributed by atoms with Crippen LogP contribution in [0.4, 0.5) is 0 Å². The van der Waals surface area contributed by atoms with E-state index >= 15 is 0 Å². The summed E-state index contributed by atoms with van der Waals surface area (Å²) in [6.07, 6.45) is 7.34. The second-order valence-electron chi connectivity index (χ2n) is 7.93. The summed E-state index contributed by atoms with van der Waals surface area (Å²) in [6, 6.07) is 7.64. The zero-order valence-electron chi connectivity index (χ0n) is 15.9. The summed E-state index contributed by atoms with van der Waals surface area (Å²) in [7, 11) is 0. The molecule has 0 saturated carbocycles. The van der Waals surface area contributed by atoms with E-state index in [1.54, 1.807) is 0 Å². The molecule has 2 aliphatic heterocycles. The smallest absolute Gasteiger partial charge is 0.0719 e. The van der Waals surface area contributed by atoms with Crippen molar-refractivity contribution in [3.63, 3.8) is 0 Å². The molecule has 5 nitrogen and oxygen atoms in total. The van der Waals surface area contributed by atoms with Crippen molar-refractivity contribution in [3.05, 3.63) is 47.3 Å². The standard InChI is InChI=1S/C21H30N4O/c1-16-11-17(2)21(25-9-4-7-22-25)18(12-16)13-24-15-19-5-3-8-23(19)14-20(24)6-10-26/h4,7,9,11-12,19-20,26H,3,5-6,8,10,13-15H2,1-2H3/t19-,20-/m0/s1. The molecule has 2 aliphatic rings. The highest BCUT2D eigenvalue weighted by Crippen LogP contribution is 2.29. The SMILES string of the molecule is Cc1cc(C)c(-n2cccn2)c(CN2C[C@@H]3CCCN3C[C@@H]2CCO)c1. The van der Waals surface area contributed by atoms with Crippen LogP contribution in [0.5, 0.6) is 0 Å². The molecule has 2 saturated heterocycles. The number of rotatable bonds is 5. The zero-order valence-corrected chi connectivity index (χ0v) is 15.9. The Bertz CT molecular complexity index is 743. The lowest BCUT2D eigenvalue weighted by Crippen LogP contribution is -2.55. The van der Waals surface area contributed by atoms with Gasteiger partial charge >= 0.3 is 0 Å². The highest BCUT2D eigenvalue weighted by Gasteiger charge is 2.36. The topological polar surface area (TPSA) is 44.5 Å².